The molecule has 0 aliphatic heterocycles. The van der Waals surface area contributed by atoms with Gasteiger partial charge in [0, 0.05) is 11.8 Å². The molecule has 0 aliphatic rings. The van der Waals surface area contributed by atoms with Gasteiger partial charge < -0.3 is 10.5 Å². The molecule has 1 aromatic heterocycles. The Hall–Kier alpha value is -2.06. The first-order valence-electron chi connectivity index (χ1n) is 5.24. The lowest BCUT2D eigenvalue weighted by atomic mass is 10.2. The number of ether oxygens (including phenoxy) is 1. The molecule has 0 radical (unpaired) electrons. The van der Waals surface area contributed by atoms with Crippen molar-refractivity contribution in [3.63, 3.8) is 0 Å². The summed E-state index contributed by atoms with van der Waals surface area (Å²) in [5.41, 5.74) is 6.01. The molecule has 1 aromatic rings. The largest absolute Gasteiger partial charge is 0.447 e. The summed E-state index contributed by atoms with van der Waals surface area (Å²) in [4.78, 5) is 15.3. The van der Waals surface area contributed by atoms with Crippen molar-refractivity contribution in [3.8, 4) is 11.8 Å². The minimum atomic E-state index is -0.531. The minimum Gasteiger partial charge on any atom is -0.447 e. The van der Waals surface area contributed by atoms with Crippen LogP contribution >= 0.6 is 0 Å². The van der Waals surface area contributed by atoms with Crippen LogP contribution in [0.25, 0.3) is 0 Å². The zero-order chi connectivity index (χ0) is 12.7. The standard InChI is InChI=1S/C12H15N3O2/c1-9(2)17-12(16)15-11-8-10(4-3-6-13)5-7-14-11/h5,7-9H,6,13H2,1-2H3,(H,14,15,16). The molecule has 0 saturated carbocycles. The van der Waals surface area contributed by atoms with E-state index >= 15 is 0 Å². The molecule has 17 heavy (non-hydrogen) atoms. The van der Waals surface area contributed by atoms with E-state index in [1.54, 1.807) is 32.2 Å². The molecule has 1 amide bonds. The van der Waals surface area contributed by atoms with E-state index in [1.165, 1.54) is 0 Å². The van der Waals surface area contributed by atoms with Crippen LogP contribution in [-0.2, 0) is 4.74 Å². The highest BCUT2D eigenvalue weighted by Gasteiger charge is 2.06. The summed E-state index contributed by atoms with van der Waals surface area (Å²) in [6.45, 7) is 3.84. The predicted octanol–water partition coefficient (Wildman–Crippen LogP) is 1.35. The summed E-state index contributed by atoms with van der Waals surface area (Å²) in [6.07, 6.45) is 0.859. The Morgan fingerprint density at radius 1 is 1.65 bits per heavy atom. The first kappa shape index (κ1) is 13.0. The van der Waals surface area contributed by atoms with Gasteiger partial charge in [-0.15, -0.1) is 0 Å². The van der Waals surface area contributed by atoms with Gasteiger partial charge in [0.2, 0.25) is 0 Å². The van der Waals surface area contributed by atoms with E-state index in [4.69, 9.17) is 10.5 Å². The Balaban J connectivity index is 2.68. The van der Waals surface area contributed by atoms with E-state index in [2.05, 4.69) is 22.1 Å². The molecule has 0 spiro atoms. The van der Waals surface area contributed by atoms with Crippen molar-refractivity contribution >= 4 is 11.9 Å². The number of amides is 1. The van der Waals surface area contributed by atoms with Crippen molar-refractivity contribution in [1.82, 2.24) is 4.98 Å². The fourth-order valence-electron chi connectivity index (χ4n) is 1.08. The van der Waals surface area contributed by atoms with E-state index in [1.807, 2.05) is 0 Å². The topological polar surface area (TPSA) is 77.2 Å². The van der Waals surface area contributed by atoms with Crippen LogP contribution in [-0.4, -0.2) is 23.7 Å². The smallest absolute Gasteiger partial charge is 0.413 e. The average molecular weight is 233 g/mol. The minimum absolute atomic E-state index is 0.171. The number of anilines is 1. The van der Waals surface area contributed by atoms with Crippen LogP contribution in [0.4, 0.5) is 10.6 Å². The molecule has 90 valence electrons. The maximum absolute atomic E-state index is 11.3. The Morgan fingerprint density at radius 2 is 2.41 bits per heavy atom. The maximum atomic E-state index is 11.3. The molecular weight excluding hydrogens is 218 g/mol. The van der Waals surface area contributed by atoms with Gasteiger partial charge in [0.15, 0.2) is 0 Å². The number of aromatic nitrogens is 1. The lowest BCUT2D eigenvalue weighted by molar-refractivity contribution is 0.130. The SMILES string of the molecule is CC(C)OC(=O)Nc1cc(C#CCN)ccn1. The van der Waals surface area contributed by atoms with Gasteiger partial charge in [0.25, 0.3) is 0 Å². The molecule has 5 nitrogen and oxygen atoms in total. The van der Waals surface area contributed by atoms with E-state index in [9.17, 15) is 4.79 Å². The fourth-order valence-corrected chi connectivity index (χ4v) is 1.08. The average Bonchev–Trinajstić information content (AvgIpc) is 2.25. The van der Waals surface area contributed by atoms with Crippen LogP contribution < -0.4 is 11.1 Å². The van der Waals surface area contributed by atoms with Crippen molar-refractivity contribution < 1.29 is 9.53 Å². The molecule has 0 aromatic carbocycles. The predicted molar refractivity (Wildman–Crippen MR) is 65.4 cm³/mol. The first-order chi connectivity index (χ1) is 8.11. The van der Waals surface area contributed by atoms with Crippen molar-refractivity contribution in [3.05, 3.63) is 23.9 Å². The molecule has 1 heterocycles. The molecule has 0 aliphatic carbocycles. The Kier molecular flexibility index (Phi) is 4.98. The van der Waals surface area contributed by atoms with E-state index in [0.717, 1.165) is 5.56 Å². The van der Waals surface area contributed by atoms with Crippen LogP contribution in [0, 0.1) is 11.8 Å². The number of hydrogen-bond donors (Lipinski definition) is 2. The number of carbonyl (C=O) groups excluding carboxylic acids is 1. The molecule has 0 atom stereocenters. The van der Waals surface area contributed by atoms with E-state index in [0.29, 0.717) is 12.4 Å². The number of nitrogens with two attached hydrogens (primary N) is 1. The molecule has 1 rings (SSSR count). The molecule has 0 unspecified atom stereocenters. The van der Waals surface area contributed by atoms with Crippen LogP contribution in [0.1, 0.15) is 19.4 Å². The Labute approximate surface area is 100 Å². The van der Waals surface area contributed by atoms with Gasteiger partial charge >= 0.3 is 6.09 Å². The summed E-state index contributed by atoms with van der Waals surface area (Å²) in [7, 11) is 0. The molecule has 0 bridgehead atoms. The van der Waals surface area contributed by atoms with Gasteiger partial charge in [0.1, 0.15) is 5.82 Å². The lowest BCUT2D eigenvalue weighted by Crippen LogP contribution is -2.18. The first-order valence-corrected chi connectivity index (χ1v) is 5.24. The summed E-state index contributed by atoms with van der Waals surface area (Å²) in [5, 5.41) is 2.52. The highest BCUT2D eigenvalue weighted by atomic mass is 16.6. The molecular formula is C12H15N3O2. The number of pyridine rings is 1. The zero-order valence-corrected chi connectivity index (χ0v) is 9.86. The van der Waals surface area contributed by atoms with Gasteiger partial charge in [-0.3, -0.25) is 5.32 Å². The van der Waals surface area contributed by atoms with Gasteiger partial charge in [-0.25, -0.2) is 9.78 Å². The summed E-state index contributed by atoms with van der Waals surface area (Å²) in [6, 6.07) is 3.39. The van der Waals surface area contributed by atoms with Gasteiger partial charge in [-0.2, -0.15) is 0 Å². The summed E-state index contributed by atoms with van der Waals surface area (Å²) < 4.78 is 4.93. The Morgan fingerprint density at radius 3 is 3.06 bits per heavy atom. The van der Waals surface area contributed by atoms with E-state index < -0.39 is 6.09 Å². The second-order valence-electron chi connectivity index (χ2n) is 3.51. The van der Waals surface area contributed by atoms with Crippen molar-refractivity contribution in [1.29, 1.82) is 0 Å². The highest BCUT2D eigenvalue weighted by molar-refractivity contribution is 5.83. The van der Waals surface area contributed by atoms with E-state index in [-0.39, 0.29) is 6.10 Å². The normalized spacial score (nSPS) is 9.41. The number of rotatable bonds is 2. The van der Waals surface area contributed by atoms with Crippen molar-refractivity contribution in [2.75, 3.05) is 11.9 Å². The summed E-state index contributed by atoms with van der Waals surface area (Å²) >= 11 is 0. The van der Waals surface area contributed by atoms with Crippen LogP contribution in [0.2, 0.25) is 0 Å². The third kappa shape index (κ3) is 5.00. The molecule has 3 N–H and O–H groups in total. The third-order valence-electron chi connectivity index (χ3n) is 1.67. The quantitative estimate of drug-likeness (QED) is 0.756. The second kappa shape index (κ2) is 6.51. The van der Waals surface area contributed by atoms with Crippen LogP contribution in [0.15, 0.2) is 18.3 Å². The molecule has 5 heteroatoms. The molecule has 0 saturated heterocycles. The Bertz CT molecular complexity index is 447. The van der Waals surface area contributed by atoms with Crippen molar-refractivity contribution in [2.45, 2.75) is 20.0 Å². The molecule has 0 fully saturated rings. The maximum Gasteiger partial charge on any atom is 0.413 e. The van der Waals surface area contributed by atoms with Crippen LogP contribution in [0.5, 0.6) is 0 Å². The summed E-state index contributed by atoms with van der Waals surface area (Å²) in [5.74, 6) is 5.98. The van der Waals surface area contributed by atoms with Crippen molar-refractivity contribution in [2.24, 2.45) is 5.73 Å². The van der Waals surface area contributed by atoms with Gasteiger partial charge in [0.05, 0.1) is 12.6 Å². The van der Waals surface area contributed by atoms with Gasteiger partial charge in [-0.1, -0.05) is 11.8 Å². The number of nitrogens with zero attached hydrogens (tertiary/aromatic N) is 1. The zero-order valence-electron chi connectivity index (χ0n) is 9.86. The second-order valence-corrected chi connectivity index (χ2v) is 3.51. The fraction of sp³-hybridized carbons (Fsp3) is 0.333. The van der Waals surface area contributed by atoms with Gasteiger partial charge in [-0.05, 0) is 26.0 Å². The number of nitrogens with one attached hydrogen (secondary N) is 1. The highest BCUT2D eigenvalue weighted by Crippen LogP contribution is 2.06. The van der Waals surface area contributed by atoms with Crippen LogP contribution in [0.3, 0.4) is 0 Å². The third-order valence-corrected chi connectivity index (χ3v) is 1.67. The number of hydrogen-bond acceptors (Lipinski definition) is 4. The monoisotopic (exact) mass is 233 g/mol. The lowest BCUT2D eigenvalue weighted by Gasteiger charge is -2.08. The number of carbonyl (C=O) groups is 1.